The summed E-state index contributed by atoms with van der Waals surface area (Å²) in [6, 6.07) is -0.612. The van der Waals surface area contributed by atoms with Crippen molar-refractivity contribution < 1.29 is 14.3 Å². The van der Waals surface area contributed by atoms with Gasteiger partial charge in [0, 0.05) is 6.54 Å². The SMILES string of the molecule is CCCN(CC(=O)OC)C(=O)[C@H](N)C(C)(C)C. The number of esters is 1. The quantitative estimate of drug-likeness (QED) is 0.725. The molecule has 17 heavy (non-hydrogen) atoms. The Labute approximate surface area is 103 Å². The number of methoxy groups -OCH3 is 1. The highest BCUT2D eigenvalue weighted by molar-refractivity contribution is 5.86. The fourth-order valence-electron chi connectivity index (χ4n) is 1.32. The molecule has 0 aliphatic carbocycles. The molecule has 0 aromatic carbocycles. The van der Waals surface area contributed by atoms with Crippen LogP contribution in [0.15, 0.2) is 0 Å². The van der Waals surface area contributed by atoms with Crippen molar-refractivity contribution in [3.8, 4) is 0 Å². The summed E-state index contributed by atoms with van der Waals surface area (Å²) < 4.78 is 4.57. The molecular formula is C12H24N2O3. The molecule has 0 aliphatic heterocycles. The molecule has 0 saturated carbocycles. The van der Waals surface area contributed by atoms with E-state index in [2.05, 4.69) is 4.74 Å². The number of carbonyl (C=O) groups excluding carboxylic acids is 2. The number of amides is 1. The van der Waals surface area contributed by atoms with Crippen LogP contribution in [0.25, 0.3) is 0 Å². The lowest BCUT2D eigenvalue weighted by molar-refractivity contribution is -0.148. The molecule has 0 aliphatic rings. The normalized spacial score (nSPS) is 13.1. The third-order valence-electron chi connectivity index (χ3n) is 2.55. The molecule has 5 nitrogen and oxygen atoms in total. The summed E-state index contributed by atoms with van der Waals surface area (Å²) >= 11 is 0. The van der Waals surface area contributed by atoms with Gasteiger partial charge in [0.25, 0.3) is 0 Å². The highest BCUT2D eigenvalue weighted by Gasteiger charge is 2.31. The second-order valence-electron chi connectivity index (χ2n) is 5.18. The Bertz CT molecular complexity index is 271. The zero-order chi connectivity index (χ0) is 13.6. The number of hydrogen-bond donors (Lipinski definition) is 1. The van der Waals surface area contributed by atoms with Gasteiger partial charge in [0.05, 0.1) is 13.2 Å². The molecule has 100 valence electrons. The van der Waals surface area contributed by atoms with Crippen LogP contribution >= 0.6 is 0 Å². The number of hydrogen-bond acceptors (Lipinski definition) is 4. The van der Waals surface area contributed by atoms with E-state index in [0.29, 0.717) is 6.54 Å². The average Bonchev–Trinajstić information content (AvgIpc) is 2.25. The van der Waals surface area contributed by atoms with Crippen LogP contribution in [-0.2, 0) is 14.3 Å². The minimum absolute atomic E-state index is 0.0348. The molecule has 1 atom stereocenters. The van der Waals surface area contributed by atoms with Crippen LogP contribution in [0.3, 0.4) is 0 Å². The molecule has 2 N–H and O–H groups in total. The van der Waals surface area contributed by atoms with Crippen molar-refractivity contribution in [2.75, 3.05) is 20.2 Å². The number of carbonyl (C=O) groups is 2. The van der Waals surface area contributed by atoms with Crippen molar-refractivity contribution in [2.24, 2.45) is 11.1 Å². The van der Waals surface area contributed by atoms with E-state index in [9.17, 15) is 9.59 Å². The van der Waals surface area contributed by atoms with E-state index in [1.54, 1.807) is 0 Å². The first-order valence-corrected chi connectivity index (χ1v) is 5.85. The van der Waals surface area contributed by atoms with E-state index in [-0.39, 0.29) is 17.9 Å². The second kappa shape index (κ2) is 6.59. The molecular weight excluding hydrogens is 220 g/mol. The lowest BCUT2D eigenvalue weighted by atomic mass is 9.86. The third kappa shape index (κ3) is 5.17. The summed E-state index contributed by atoms with van der Waals surface area (Å²) in [5, 5.41) is 0. The van der Waals surface area contributed by atoms with Crippen LogP contribution in [0.2, 0.25) is 0 Å². The maximum absolute atomic E-state index is 12.1. The monoisotopic (exact) mass is 244 g/mol. The van der Waals surface area contributed by atoms with Gasteiger partial charge in [-0.2, -0.15) is 0 Å². The molecule has 1 amide bonds. The average molecular weight is 244 g/mol. The molecule has 0 fully saturated rings. The van der Waals surface area contributed by atoms with Gasteiger partial charge in [-0.15, -0.1) is 0 Å². The summed E-state index contributed by atoms with van der Waals surface area (Å²) in [6.07, 6.45) is 0.777. The van der Waals surface area contributed by atoms with Crippen LogP contribution in [-0.4, -0.2) is 43.0 Å². The molecule has 0 radical (unpaired) electrons. The van der Waals surface area contributed by atoms with E-state index >= 15 is 0 Å². The maximum atomic E-state index is 12.1. The lowest BCUT2D eigenvalue weighted by Crippen LogP contribution is -2.51. The zero-order valence-electron chi connectivity index (χ0n) is 11.4. The lowest BCUT2D eigenvalue weighted by Gasteiger charge is -2.31. The van der Waals surface area contributed by atoms with Gasteiger partial charge in [0.1, 0.15) is 6.54 Å². The van der Waals surface area contributed by atoms with Crippen LogP contribution < -0.4 is 5.73 Å². The van der Waals surface area contributed by atoms with Gasteiger partial charge < -0.3 is 15.4 Å². The van der Waals surface area contributed by atoms with Crippen LogP contribution in [0.4, 0.5) is 0 Å². The minimum Gasteiger partial charge on any atom is -0.468 e. The Morgan fingerprint density at radius 2 is 1.88 bits per heavy atom. The standard InChI is InChI=1S/C12H24N2O3/c1-6-7-14(8-9(15)17-5)11(16)10(13)12(2,3)4/h10H,6-8,13H2,1-5H3/t10-/m0/s1. The van der Waals surface area contributed by atoms with Crippen molar-refractivity contribution in [2.45, 2.75) is 40.2 Å². The molecule has 0 unspecified atom stereocenters. The molecule has 0 saturated heterocycles. The third-order valence-corrected chi connectivity index (χ3v) is 2.55. The summed E-state index contributed by atoms with van der Waals surface area (Å²) in [6.45, 7) is 8.12. The van der Waals surface area contributed by atoms with Crippen LogP contribution in [0.5, 0.6) is 0 Å². The fraction of sp³-hybridized carbons (Fsp3) is 0.833. The number of rotatable bonds is 5. The Kier molecular flexibility index (Phi) is 6.16. The largest absolute Gasteiger partial charge is 0.468 e. The number of ether oxygens (including phenoxy) is 1. The smallest absolute Gasteiger partial charge is 0.325 e. The number of nitrogens with two attached hydrogens (primary N) is 1. The van der Waals surface area contributed by atoms with Crippen molar-refractivity contribution in [1.29, 1.82) is 0 Å². The van der Waals surface area contributed by atoms with Gasteiger partial charge in [0.15, 0.2) is 0 Å². The van der Waals surface area contributed by atoms with Crippen molar-refractivity contribution in [1.82, 2.24) is 4.90 Å². The predicted molar refractivity (Wildman–Crippen MR) is 66.3 cm³/mol. The molecule has 0 spiro atoms. The summed E-state index contributed by atoms with van der Waals surface area (Å²) in [5.74, 6) is -0.627. The number of nitrogens with zero attached hydrogens (tertiary/aromatic N) is 1. The first-order valence-electron chi connectivity index (χ1n) is 5.85. The van der Waals surface area contributed by atoms with Gasteiger partial charge in [-0.3, -0.25) is 9.59 Å². The van der Waals surface area contributed by atoms with Crippen molar-refractivity contribution in [3.05, 3.63) is 0 Å². The molecule has 0 aromatic rings. The first kappa shape index (κ1) is 15.9. The maximum Gasteiger partial charge on any atom is 0.325 e. The van der Waals surface area contributed by atoms with Gasteiger partial charge in [-0.05, 0) is 11.8 Å². The molecule has 0 aromatic heterocycles. The Hall–Kier alpha value is -1.10. The Morgan fingerprint density at radius 1 is 1.35 bits per heavy atom. The van der Waals surface area contributed by atoms with Crippen LogP contribution in [0, 0.1) is 5.41 Å². The molecule has 5 heteroatoms. The Morgan fingerprint density at radius 3 is 2.24 bits per heavy atom. The van der Waals surface area contributed by atoms with Crippen molar-refractivity contribution >= 4 is 11.9 Å². The molecule has 0 rings (SSSR count). The van der Waals surface area contributed by atoms with Gasteiger partial charge in [-0.1, -0.05) is 27.7 Å². The Balaban J connectivity index is 4.70. The van der Waals surface area contributed by atoms with Gasteiger partial charge in [0.2, 0.25) is 5.91 Å². The van der Waals surface area contributed by atoms with Gasteiger partial charge >= 0.3 is 5.97 Å². The second-order valence-corrected chi connectivity index (χ2v) is 5.18. The first-order chi connectivity index (χ1) is 7.73. The predicted octanol–water partition coefficient (Wildman–Crippen LogP) is 0.771. The van der Waals surface area contributed by atoms with E-state index in [0.717, 1.165) is 6.42 Å². The molecule has 0 heterocycles. The van der Waals surface area contributed by atoms with Crippen molar-refractivity contribution in [3.63, 3.8) is 0 Å². The van der Waals surface area contributed by atoms with E-state index in [1.807, 2.05) is 27.7 Å². The minimum atomic E-state index is -0.612. The highest BCUT2D eigenvalue weighted by Crippen LogP contribution is 2.19. The summed E-state index contributed by atoms with van der Waals surface area (Å²) in [5.41, 5.74) is 5.58. The summed E-state index contributed by atoms with van der Waals surface area (Å²) in [7, 11) is 1.31. The van der Waals surface area contributed by atoms with E-state index < -0.39 is 12.0 Å². The zero-order valence-corrected chi connectivity index (χ0v) is 11.4. The van der Waals surface area contributed by atoms with E-state index in [4.69, 9.17) is 5.73 Å². The van der Waals surface area contributed by atoms with Crippen LogP contribution in [0.1, 0.15) is 34.1 Å². The fourth-order valence-corrected chi connectivity index (χ4v) is 1.32. The van der Waals surface area contributed by atoms with E-state index in [1.165, 1.54) is 12.0 Å². The highest BCUT2D eigenvalue weighted by atomic mass is 16.5. The summed E-state index contributed by atoms with van der Waals surface area (Å²) in [4.78, 5) is 24.8. The van der Waals surface area contributed by atoms with Gasteiger partial charge in [-0.25, -0.2) is 0 Å². The molecule has 0 bridgehead atoms. The topological polar surface area (TPSA) is 72.6 Å².